The first-order valence-electron chi connectivity index (χ1n) is 18.0. The van der Waals surface area contributed by atoms with Crippen LogP contribution in [0.1, 0.15) is 22.3 Å². The summed E-state index contributed by atoms with van der Waals surface area (Å²) in [4.78, 5) is 4.03. The normalized spacial score (nSPS) is 12.9. The first kappa shape index (κ1) is 32.7. The molecule has 0 bridgehead atoms. The van der Waals surface area contributed by atoms with Gasteiger partial charge in [0, 0.05) is 34.1 Å². The van der Waals surface area contributed by atoms with Crippen molar-refractivity contribution in [1.29, 1.82) is 0 Å². The molecule has 264 valence electrons. The third kappa shape index (κ3) is 5.09. The molecule has 0 radical (unpaired) electrons. The molecule has 10 rings (SSSR count). The number of hydrogen-bond donors (Lipinski definition) is 0. The fourth-order valence-corrected chi connectivity index (χ4v) is 8.65. The minimum atomic E-state index is -0.752. The topological polar surface area (TPSA) is 6.48 Å². The van der Waals surface area contributed by atoms with Gasteiger partial charge in [-0.25, -0.2) is 17.6 Å². The summed E-state index contributed by atoms with van der Waals surface area (Å²) >= 11 is 0. The van der Waals surface area contributed by atoms with E-state index in [2.05, 4.69) is 84.9 Å². The Balaban J connectivity index is 1.25. The molecule has 0 heterocycles. The van der Waals surface area contributed by atoms with Crippen molar-refractivity contribution in [3.8, 4) is 22.3 Å². The molecule has 2 aliphatic rings. The Hall–Kier alpha value is -6.92. The lowest BCUT2D eigenvalue weighted by Crippen LogP contribution is -2.26. The van der Waals surface area contributed by atoms with E-state index in [1.165, 1.54) is 48.5 Å². The van der Waals surface area contributed by atoms with Gasteiger partial charge in [-0.15, -0.1) is 0 Å². The van der Waals surface area contributed by atoms with Crippen LogP contribution in [0.4, 0.5) is 51.7 Å². The van der Waals surface area contributed by atoms with Crippen molar-refractivity contribution >= 4 is 34.1 Å². The number of fused-ring (bicyclic) bond motifs is 10. The van der Waals surface area contributed by atoms with Crippen LogP contribution >= 0.6 is 0 Å². The monoisotopic (exact) mass is 722 g/mol. The Bertz CT molecular complexity index is 2460. The van der Waals surface area contributed by atoms with Crippen molar-refractivity contribution in [2.45, 2.75) is 5.41 Å². The minimum absolute atomic E-state index is 0.351. The Labute approximate surface area is 315 Å². The maximum absolute atomic E-state index is 14.3. The summed E-state index contributed by atoms with van der Waals surface area (Å²) in [6, 6.07) is 55.0. The van der Waals surface area contributed by atoms with Crippen LogP contribution in [0.5, 0.6) is 0 Å². The Kier molecular flexibility index (Phi) is 7.49. The predicted octanol–water partition coefficient (Wildman–Crippen LogP) is 13.5. The molecule has 55 heavy (non-hydrogen) atoms. The number of nitrogens with zero attached hydrogens (tertiary/aromatic N) is 2. The summed E-state index contributed by atoms with van der Waals surface area (Å²) in [5.74, 6) is -1.40. The van der Waals surface area contributed by atoms with Gasteiger partial charge >= 0.3 is 0 Å². The van der Waals surface area contributed by atoms with E-state index in [4.69, 9.17) is 0 Å². The van der Waals surface area contributed by atoms with Gasteiger partial charge < -0.3 is 9.80 Å². The molecule has 0 saturated carbocycles. The van der Waals surface area contributed by atoms with Crippen LogP contribution in [-0.2, 0) is 5.41 Å². The fraction of sp³-hybridized carbons (Fsp3) is 0.0204. The van der Waals surface area contributed by atoms with E-state index in [-0.39, 0.29) is 23.3 Å². The summed E-state index contributed by atoms with van der Waals surface area (Å²) in [6.07, 6.45) is 0. The second-order valence-electron chi connectivity index (χ2n) is 13.9. The Morgan fingerprint density at radius 3 is 0.873 bits per heavy atom. The van der Waals surface area contributed by atoms with E-state index in [0.717, 1.165) is 78.6 Å². The average Bonchev–Trinajstić information content (AvgIpc) is 3.68. The summed E-state index contributed by atoms with van der Waals surface area (Å²) in [5.41, 5.74) is 12.6. The number of anilines is 6. The van der Waals surface area contributed by atoms with E-state index < -0.39 is 5.41 Å². The number of hydrogen-bond acceptors (Lipinski definition) is 2. The van der Waals surface area contributed by atoms with Crippen LogP contribution in [0.15, 0.2) is 182 Å². The van der Waals surface area contributed by atoms with Gasteiger partial charge in [-0.3, -0.25) is 0 Å². The van der Waals surface area contributed by atoms with Gasteiger partial charge in [0.25, 0.3) is 0 Å². The van der Waals surface area contributed by atoms with Gasteiger partial charge in [-0.1, -0.05) is 60.7 Å². The molecule has 8 aromatic carbocycles. The lowest BCUT2D eigenvalue weighted by atomic mass is 9.70. The molecule has 0 amide bonds. The molecule has 2 nitrogen and oxygen atoms in total. The van der Waals surface area contributed by atoms with Crippen molar-refractivity contribution in [3.05, 3.63) is 228 Å². The quantitative estimate of drug-likeness (QED) is 0.158. The van der Waals surface area contributed by atoms with Crippen LogP contribution in [0.3, 0.4) is 0 Å². The molecular weight excluding hydrogens is 693 g/mol. The van der Waals surface area contributed by atoms with Crippen LogP contribution in [0.25, 0.3) is 22.3 Å². The van der Waals surface area contributed by atoms with Gasteiger partial charge in [0.15, 0.2) is 0 Å². The van der Waals surface area contributed by atoms with E-state index in [0.29, 0.717) is 0 Å². The van der Waals surface area contributed by atoms with Crippen LogP contribution in [-0.4, -0.2) is 0 Å². The molecule has 2 aliphatic carbocycles. The highest BCUT2D eigenvalue weighted by molar-refractivity contribution is 5.97. The lowest BCUT2D eigenvalue weighted by Gasteiger charge is -2.33. The molecule has 0 aromatic heterocycles. The molecule has 0 saturated heterocycles. The smallest absolute Gasteiger partial charge is 0.123 e. The number of benzene rings is 8. The Morgan fingerprint density at radius 1 is 0.273 bits per heavy atom. The molecule has 1 spiro atoms. The lowest BCUT2D eigenvalue weighted by molar-refractivity contribution is 0.627. The molecule has 0 fully saturated rings. The zero-order chi connectivity index (χ0) is 37.3. The number of rotatable bonds is 6. The molecule has 0 unspecified atom stereocenters. The third-order valence-corrected chi connectivity index (χ3v) is 10.9. The maximum Gasteiger partial charge on any atom is 0.123 e. The summed E-state index contributed by atoms with van der Waals surface area (Å²) in [7, 11) is 0. The van der Waals surface area contributed by atoms with Gasteiger partial charge in [-0.2, -0.15) is 0 Å². The molecular formula is C49H30F4N2. The van der Waals surface area contributed by atoms with Gasteiger partial charge in [0.05, 0.1) is 5.41 Å². The van der Waals surface area contributed by atoms with Crippen molar-refractivity contribution in [3.63, 3.8) is 0 Å². The summed E-state index contributed by atoms with van der Waals surface area (Å²) < 4.78 is 57.0. The van der Waals surface area contributed by atoms with Gasteiger partial charge in [-0.05, 0) is 166 Å². The van der Waals surface area contributed by atoms with Crippen LogP contribution < -0.4 is 9.80 Å². The zero-order valence-corrected chi connectivity index (χ0v) is 29.2. The van der Waals surface area contributed by atoms with Gasteiger partial charge in [0.1, 0.15) is 23.3 Å². The van der Waals surface area contributed by atoms with E-state index >= 15 is 0 Å². The minimum Gasteiger partial charge on any atom is -0.310 e. The summed E-state index contributed by atoms with van der Waals surface area (Å²) in [6.45, 7) is 0. The highest BCUT2D eigenvalue weighted by Gasteiger charge is 2.52. The predicted molar refractivity (Wildman–Crippen MR) is 212 cm³/mol. The maximum atomic E-state index is 14.3. The molecule has 0 N–H and O–H groups in total. The van der Waals surface area contributed by atoms with Gasteiger partial charge in [0.2, 0.25) is 0 Å². The standard InChI is InChI=1S/C49H30F4N2/c50-31-9-17-35(18-10-31)54(36-19-11-32(51)12-20-36)39-25-27-43-44-28-26-40(55(37-21-13-33(52)14-22-37)38-23-15-34(53)16-24-38)30-48(44)49(47(43)29-39)45-7-3-1-5-41(45)42-6-2-4-8-46(42)49/h1-30H. The van der Waals surface area contributed by atoms with E-state index in [9.17, 15) is 17.6 Å². The fourth-order valence-electron chi connectivity index (χ4n) is 8.65. The largest absolute Gasteiger partial charge is 0.310 e. The van der Waals surface area contributed by atoms with E-state index in [1.54, 1.807) is 48.5 Å². The van der Waals surface area contributed by atoms with Crippen molar-refractivity contribution in [2.75, 3.05) is 9.80 Å². The molecule has 6 heteroatoms. The zero-order valence-electron chi connectivity index (χ0n) is 29.2. The van der Waals surface area contributed by atoms with Crippen molar-refractivity contribution in [2.24, 2.45) is 0 Å². The van der Waals surface area contributed by atoms with Crippen LogP contribution in [0, 0.1) is 23.3 Å². The van der Waals surface area contributed by atoms with E-state index in [1.807, 2.05) is 9.80 Å². The molecule has 0 aliphatic heterocycles. The molecule has 0 atom stereocenters. The van der Waals surface area contributed by atoms with Crippen molar-refractivity contribution < 1.29 is 17.6 Å². The van der Waals surface area contributed by atoms with Crippen LogP contribution in [0.2, 0.25) is 0 Å². The average molecular weight is 723 g/mol. The second kappa shape index (κ2) is 12.6. The Morgan fingerprint density at radius 2 is 0.545 bits per heavy atom. The highest BCUT2D eigenvalue weighted by atomic mass is 19.1. The number of halogens is 4. The first-order chi connectivity index (χ1) is 26.9. The first-order valence-corrected chi connectivity index (χ1v) is 18.0. The second-order valence-corrected chi connectivity index (χ2v) is 13.9. The van der Waals surface area contributed by atoms with Crippen molar-refractivity contribution in [1.82, 2.24) is 0 Å². The molecule has 8 aromatic rings. The highest BCUT2D eigenvalue weighted by Crippen LogP contribution is 2.64. The third-order valence-electron chi connectivity index (χ3n) is 10.9. The summed E-state index contributed by atoms with van der Waals surface area (Å²) in [5, 5.41) is 0. The SMILES string of the molecule is Fc1ccc(N(c2ccc(F)cc2)c2ccc3c(c2)C2(c4ccccc4-c4ccccc42)c2cc(N(c4ccc(F)cc4)c4ccc(F)cc4)ccc2-3)cc1.